The molecule has 0 unspecified atom stereocenters. The van der Waals surface area contributed by atoms with Crippen molar-refractivity contribution in [2.75, 3.05) is 0 Å². The van der Waals surface area contributed by atoms with Crippen LogP contribution in [0.15, 0.2) is 29.0 Å². The van der Waals surface area contributed by atoms with Gasteiger partial charge in [0, 0.05) is 24.4 Å². The summed E-state index contributed by atoms with van der Waals surface area (Å²) >= 11 is 0. The van der Waals surface area contributed by atoms with Crippen molar-refractivity contribution in [2.24, 2.45) is 5.92 Å². The third kappa shape index (κ3) is 2.10. The van der Waals surface area contributed by atoms with E-state index in [-0.39, 0.29) is 0 Å². The van der Waals surface area contributed by atoms with Crippen LogP contribution in [0.25, 0.3) is 11.6 Å². The number of aromatic nitrogens is 3. The summed E-state index contributed by atoms with van der Waals surface area (Å²) in [6.45, 7) is 6.47. The molecule has 16 heavy (non-hydrogen) atoms. The Morgan fingerprint density at radius 1 is 1.12 bits per heavy atom. The maximum absolute atomic E-state index is 5.25. The molecule has 0 spiro atoms. The monoisotopic (exact) mass is 217 g/mol. The summed E-state index contributed by atoms with van der Waals surface area (Å²) in [6, 6.07) is 3.69. The van der Waals surface area contributed by atoms with Gasteiger partial charge in [-0.25, -0.2) is 9.97 Å². The van der Waals surface area contributed by atoms with Gasteiger partial charge in [-0.2, -0.15) is 0 Å². The quantitative estimate of drug-likeness (QED) is 0.793. The molecular formula is C12H15N3O. The fourth-order valence-corrected chi connectivity index (χ4v) is 1.38. The molecule has 0 radical (unpaired) electrons. The summed E-state index contributed by atoms with van der Waals surface area (Å²) in [7, 11) is 0. The predicted molar refractivity (Wildman–Crippen MR) is 60.8 cm³/mol. The second-order valence-corrected chi connectivity index (χ2v) is 4.22. The molecule has 84 valence electrons. The Morgan fingerprint density at radius 3 is 2.44 bits per heavy atom. The molecule has 2 heterocycles. The van der Waals surface area contributed by atoms with E-state index in [0.717, 1.165) is 5.69 Å². The van der Waals surface area contributed by atoms with Crippen molar-refractivity contribution in [1.29, 1.82) is 0 Å². The lowest BCUT2D eigenvalue weighted by Crippen LogP contribution is -2.01. The minimum Gasteiger partial charge on any atom is -0.353 e. The van der Waals surface area contributed by atoms with Gasteiger partial charge in [-0.3, -0.25) is 0 Å². The molecule has 0 aliphatic heterocycles. The van der Waals surface area contributed by atoms with Crippen LogP contribution in [-0.2, 0) is 0 Å². The molecule has 2 rings (SSSR count). The van der Waals surface area contributed by atoms with Crippen molar-refractivity contribution < 1.29 is 4.52 Å². The molecule has 0 amide bonds. The fourth-order valence-electron chi connectivity index (χ4n) is 1.38. The minimum absolute atomic E-state index is 0.376. The second kappa shape index (κ2) is 4.43. The molecule has 0 saturated heterocycles. The van der Waals surface area contributed by atoms with Crippen LogP contribution in [0.3, 0.4) is 0 Å². The highest BCUT2D eigenvalue weighted by Crippen LogP contribution is 2.25. The van der Waals surface area contributed by atoms with Crippen LogP contribution in [0.2, 0.25) is 0 Å². The van der Waals surface area contributed by atoms with Gasteiger partial charge in [0.15, 0.2) is 5.82 Å². The van der Waals surface area contributed by atoms with E-state index in [1.807, 2.05) is 6.07 Å². The molecule has 4 nitrogen and oxygen atoms in total. The van der Waals surface area contributed by atoms with Crippen LogP contribution in [0, 0.1) is 5.92 Å². The topological polar surface area (TPSA) is 51.8 Å². The second-order valence-electron chi connectivity index (χ2n) is 4.22. The van der Waals surface area contributed by atoms with Crippen molar-refractivity contribution >= 4 is 0 Å². The van der Waals surface area contributed by atoms with Crippen LogP contribution < -0.4 is 0 Å². The van der Waals surface area contributed by atoms with Gasteiger partial charge in [-0.15, -0.1) is 0 Å². The van der Waals surface area contributed by atoms with Crippen LogP contribution in [0.5, 0.6) is 0 Å². The van der Waals surface area contributed by atoms with Gasteiger partial charge < -0.3 is 4.52 Å². The van der Waals surface area contributed by atoms with E-state index in [1.165, 1.54) is 0 Å². The average molecular weight is 217 g/mol. The minimum atomic E-state index is 0.376. The molecule has 0 bridgehead atoms. The van der Waals surface area contributed by atoms with Gasteiger partial charge >= 0.3 is 0 Å². The summed E-state index contributed by atoms with van der Waals surface area (Å²) in [5.74, 6) is 2.12. The van der Waals surface area contributed by atoms with E-state index in [0.29, 0.717) is 23.4 Å². The summed E-state index contributed by atoms with van der Waals surface area (Å²) in [6.07, 6.45) is 3.38. The molecule has 0 aliphatic carbocycles. The zero-order chi connectivity index (χ0) is 11.5. The summed E-state index contributed by atoms with van der Waals surface area (Å²) in [5, 5.41) is 4.06. The van der Waals surface area contributed by atoms with E-state index in [2.05, 4.69) is 35.9 Å². The normalized spacial score (nSPS) is 13.0. The SMILES string of the molecule is CC(C)[C@H](C)c1cc(-c2ncccn2)on1. The molecule has 0 aromatic carbocycles. The Morgan fingerprint density at radius 2 is 1.81 bits per heavy atom. The van der Waals surface area contributed by atoms with Crippen molar-refractivity contribution in [2.45, 2.75) is 26.7 Å². The molecule has 0 fully saturated rings. The molecule has 4 heteroatoms. The molecule has 0 N–H and O–H groups in total. The molecule has 0 aliphatic rings. The molecule has 0 saturated carbocycles. The van der Waals surface area contributed by atoms with Crippen LogP contribution in [-0.4, -0.2) is 15.1 Å². The molecular weight excluding hydrogens is 202 g/mol. The Balaban J connectivity index is 2.27. The van der Waals surface area contributed by atoms with E-state index in [4.69, 9.17) is 4.52 Å². The lowest BCUT2D eigenvalue weighted by molar-refractivity contribution is 0.402. The zero-order valence-electron chi connectivity index (χ0n) is 9.71. The van der Waals surface area contributed by atoms with Crippen molar-refractivity contribution in [3.63, 3.8) is 0 Å². The van der Waals surface area contributed by atoms with Crippen LogP contribution in [0.4, 0.5) is 0 Å². The highest BCUT2D eigenvalue weighted by Gasteiger charge is 2.16. The van der Waals surface area contributed by atoms with E-state index < -0.39 is 0 Å². The predicted octanol–water partition coefficient (Wildman–Crippen LogP) is 2.89. The van der Waals surface area contributed by atoms with Gasteiger partial charge in [0.2, 0.25) is 5.76 Å². The van der Waals surface area contributed by atoms with Gasteiger partial charge in [0.05, 0.1) is 5.69 Å². The fraction of sp³-hybridized carbons (Fsp3) is 0.417. The number of rotatable bonds is 3. The summed E-state index contributed by atoms with van der Waals surface area (Å²) in [4.78, 5) is 8.24. The number of nitrogens with zero attached hydrogens (tertiary/aromatic N) is 3. The Labute approximate surface area is 94.7 Å². The van der Waals surface area contributed by atoms with E-state index in [9.17, 15) is 0 Å². The number of hydrogen-bond donors (Lipinski definition) is 0. The van der Waals surface area contributed by atoms with Crippen molar-refractivity contribution in [3.8, 4) is 11.6 Å². The third-order valence-electron chi connectivity index (χ3n) is 2.78. The summed E-state index contributed by atoms with van der Waals surface area (Å²) in [5.41, 5.74) is 0.956. The Hall–Kier alpha value is -1.71. The third-order valence-corrected chi connectivity index (χ3v) is 2.78. The lowest BCUT2D eigenvalue weighted by Gasteiger charge is -2.10. The first-order chi connectivity index (χ1) is 7.68. The van der Waals surface area contributed by atoms with Crippen molar-refractivity contribution in [3.05, 3.63) is 30.2 Å². The highest BCUT2D eigenvalue weighted by molar-refractivity contribution is 5.46. The average Bonchev–Trinajstić information content (AvgIpc) is 2.78. The smallest absolute Gasteiger partial charge is 0.204 e. The summed E-state index contributed by atoms with van der Waals surface area (Å²) < 4.78 is 5.25. The van der Waals surface area contributed by atoms with Crippen molar-refractivity contribution in [1.82, 2.24) is 15.1 Å². The number of hydrogen-bond acceptors (Lipinski definition) is 4. The maximum atomic E-state index is 5.25. The maximum Gasteiger partial charge on any atom is 0.204 e. The molecule has 1 atom stereocenters. The zero-order valence-corrected chi connectivity index (χ0v) is 9.71. The van der Waals surface area contributed by atoms with Gasteiger partial charge in [0.25, 0.3) is 0 Å². The van der Waals surface area contributed by atoms with Gasteiger partial charge in [-0.05, 0) is 12.0 Å². The first kappa shape index (κ1) is 10.8. The standard InChI is InChI=1S/C12H15N3O/c1-8(2)9(3)10-7-11(16-15-10)12-13-5-4-6-14-12/h4-9H,1-3H3/t9-/m0/s1. The lowest BCUT2D eigenvalue weighted by atomic mass is 9.95. The molecule has 2 aromatic heterocycles. The molecule has 2 aromatic rings. The van der Waals surface area contributed by atoms with Gasteiger partial charge in [-0.1, -0.05) is 25.9 Å². The largest absolute Gasteiger partial charge is 0.353 e. The first-order valence-corrected chi connectivity index (χ1v) is 5.42. The first-order valence-electron chi connectivity index (χ1n) is 5.42. The van der Waals surface area contributed by atoms with E-state index >= 15 is 0 Å². The van der Waals surface area contributed by atoms with E-state index in [1.54, 1.807) is 18.5 Å². The highest BCUT2D eigenvalue weighted by atomic mass is 16.5. The van der Waals surface area contributed by atoms with Crippen LogP contribution >= 0.6 is 0 Å². The van der Waals surface area contributed by atoms with Crippen LogP contribution in [0.1, 0.15) is 32.4 Å². The Bertz CT molecular complexity index is 450. The Kier molecular flexibility index (Phi) is 2.99. The van der Waals surface area contributed by atoms with Gasteiger partial charge in [0.1, 0.15) is 0 Å².